The van der Waals surface area contributed by atoms with Crippen LogP contribution in [0.15, 0.2) is 181 Å². The molecule has 0 saturated carbocycles. The minimum atomic E-state index is -0.476. The number of hydrogen-bond donors (Lipinski definition) is 0. The number of rotatable bonds is 2. The largest absolute Gasteiger partial charge is 0.343 e. The number of aryl methyl sites for hydroxylation is 1. The molecular weight excluding hydrogens is 645 g/mol. The van der Waals surface area contributed by atoms with Crippen LogP contribution in [0, 0.1) is 0 Å². The molecule has 9 aromatic rings. The molecule has 250 valence electrons. The average Bonchev–Trinajstić information content (AvgIpc) is 3.22. The van der Waals surface area contributed by atoms with Gasteiger partial charge in [-0.1, -0.05) is 140 Å². The molecule has 53 heavy (non-hydrogen) atoms. The van der Waals surface area contributed by atoms with Crippen LogP contribution in [0.4, 0.5) is 17.1 Å². The van der Waals surface area contributed by atoms with E-state index in [1.54, 1.807) is 0 Å². The second kappa shape index (κ2) is 11.1. The molecule has 2 heterocycles. The first-order valence-corrected chi connectivity index (χ1v) is 18.3. The molecule has 11 rings (SSSR count). The summed E-state index contributed by atoms with van der Waals surface area (Å²) in [5, 5.41) is 3.72. The van der Waals surface area contributed by atoms with E-state index in [4.69, 9.17) is 0 Å². The van der Waals surface area contributed by atoms with Crippen LogP contribution in [-0.4, -0.2) is 4.57 Å². The van der Waals surface area contributed by atoms with Crippen molar-refractivity contribution in [1.29, 1.82) is 0 Å². The van der Waals surface area contributed by atoms with Crippen molar-refractivity contribution >= 4 is 49.6 Å². The molecule has 0 saturated heterocycles. The third-order valence-corrected chi connectivity index (χ3v) is 11.9. The molecule has 0 bridgehead atoms. The topological polar surface area (TPSA) is 25.2 Å². The minimum absolute atomic E-state index is 0.0645. The molecule has 1 spiro atoms. The molecule has 2 aliphatic rings. The average molecular weight is 679 g/mol. The fraction of sp³-hybridized carbons (Fsp3) is 0.0600. The van der Waals surface area contributed by atoms with Gasteiger partial charge in [-0.15, -0.1) is 0 Å². The predicted molar refractivity (Wildman–Crippen MR) is 219 cm³/mol. The Balaban J connectivity index is 1.20. The molecule has 1 aliphatic carbocycles. The fourth-order valence-corrected chi connectivity index (χ4v) is 9.75. The maximum Gasteiger partial charge on any atom is 0.197 e. The summed E-state index contributed by atoms with van der Waals surface area (Å²) in [4.78, 5) is 16.7. The molecule has 0 unspecified atom stereocenters. The third-order valence-electron chi connectivity index (χ3n) is 11.9. The van der Waals surface area contributed by atoms with Gasteiger partial charge in [0.05, 0.1) is 38.9 Å². The highest BCUT2D eigenvalue weighted by molar-refractivity contribution is 6.11. The van der Waals surface area contributed by atoms with Gasteiger partial charge in [0.25, 0.3) is 0 Å². The normalized spacial score (nSPS) is 13.9. The van der Waals surface area contributed by atoms with E-state index in [0.717, 1.165) is 55.8 Å². The summed E-state index contributed by atoms with van der Waals surface area (Å²) in [6.07, 6.45) is 0.918. The lowest BCUT2D eigenvalue weighted by Crippen LogP contribution is -2.41. The Labute approximate surface area is 307 Å². The second-order valence-corrected chi connectivity index (χ2v) is 14.4. The Bertz CT molecular complexity index is 2950. The Morgan fingerprint density at radius 1 is 0.434 bits per heavy atom. The zero-order chi connectivity index (χ0) is 35.3. The van der Waals surface area contributed by atoms with Gasteiger partial charge in [0.1, 0.15) is 0 Å². The molecule has 0 amide bonds. The van der Waals surface area contributed by atoms with Gasteiger partial charge in [0, 0.05) is 17.8 Å². The molecule has 0 N–H and O–H groups in total. The summed E-state index contributed by atoms with van der Waals surface area (Å²) in [7, 11) is 2.05. The zero-order valence-electron chi connectivity index (χ0n) is 29.3. The molecule has 0 atom stereocenters. The van der Waals surface area contributed by atoms with Crippen LogP contribution in [0.25, 0.3) is 43.7 Å². The first-order valence-electron chi connectivity index (χ1n) is 18.3. The molecule has 0 radical (unpaired) electrons. The SMILES string of the molecule is Cn1c2ccccc2c(=O)c2c(-c3cccc4c(N5c6ccccc6C6(c7ccccc7Cc7ccccc76)c6ccccc65)cccc34)cccc21. The zero-order valence-corrected chi connectivity index (χ0v) is 29.3. The van der Waals surface area contributed by atoms with Gasteiger partial charge in [-0.2, -0.15) is 0 Å². The van der Waals surface area contributed by atoms with E-state index in [-0.39, 0.29) is 5.43 Å². The van der Waals surface area contributed by atoms with Gasteiger partial charge in [-0.3, -0.25) is 4.79 Å². The van der Waals surface area contributed by atoms with E-state index >= 15 is 0 Å². The first kappa shape index (κ1) is 30.0. The van der Waals surface area contributed by atoms with Crippen molar-refractivity contribution in [3.8, 4) is 11.1 Å². The number of para-hydroxylation sites is 3. The molecule has 0 fully saturated rings. The van der Waals surface area contributed by atoms with Crippen LogP contribution in [0.5, 0.6) is 0 Å². The van der Waals surface area contributed by atoms with Crippen molar-refractivity contribution in [2.75, 3.05) is 4.90 Å². The van der Waals surface area contributed by atoms with Crippen LogP contribution in [0.1, 0.15) is 33.4 Å². The van der Waals surface area contributed by atoms with Gasteiger partial charge in [0.15, 0.2) is 5.43 Å². The Hall–Kier alpha value is -6.71. The lowest BCUT2D eigenvalue weighted by molar-refractivity contribution is 0.693. The summed E-state index contributed by atoms with van der Waals surface area (Å²) in [5.41, 5.74) is 14.9. The molecule has 1 aromatic heterocycles. The highest BCUT2D eigenvalue weighted by Gasteiger charge is 2.49. The van der Waals surface area contributed by atoms with E-state index in [1.807, 2.05) is 24.3 Å². The number of aromatic nitrogens is 1. The number of nitrogens with zero attached hydrogens (tertiary/aromatic N) is 2. The summed E-state index contributed by atoms with van der Waals surface area (Å²) >= 11 is 0. The molecular formula is C50H34N2O. The summed E-state index contributed by atoms with van der Waals surface area (Å²) in [5.74, 6) is 0. The summed E-state index contributed by atoms with van der Waals surface area (Å²) < 4.78 is 2.14. The van der Waals surface area contributed by atoms with Crippen LogP contribution in [0.3, 0.4) is 0 Å². The molecule has 8 aromatic carbocycles. The van der Waals surface area contributed by atoms with Gasteiger partial charge in [0.2, 0.25) is 0 Å². The van der Waals surface area contributed by atoms with Crippen molar-refractivity contribution < 1.29 is 0 Å². The molecule has 3 heteroatoms. The van der Waals surface area contributed by atoms with E-state index < -0.39 is 5.41 Å². The van der Waals surface area contributed by atoms with Crippen LogP contribution >= 0.6 is 0 Å². The van der Waals surface area contributed by atoms with Gasteiger partial charge < -0.3 is 9.47 Å². The summed E-state index contributed by atoms with van der Waals surface area (Å²) in [6, 6.07) is 63.3. The van der Waals surface area contributed by atoms with E-state index in [1.165, 1.54) is 44.8 Å². The number of pyridine rings is 1. The number of anilines is 3. The fourth-order valence-electron chi connectivity index (χ4n) is 9.75. The Kier molecular flexibility index (Phi) is 6.30. The highest BCUT2D eigenvalue weighted by atomic mass is 16.1. The lowest BCUT2D eigenvalue weighted by atomic mass is 9.58. The van der Waals surface area contributed by atoms with Crippen molar-refractivity contribution in [3.05, 3.63) is 220 Å². The van der Waals surface area contributed by atoms with Crippen LogP contribution in [0.2, 0.25) is 0 Å². The number of hydrogen-bond acceptors (Lipinski definition) is 2. The quantitative estimate of drug-likeness (QED) is 0.170. The van der Waals surface area contributed by atoms with E-state index in [2.05, 4.69) is 168 Å². The van der Waals surface area contributed by atoms with Crippen LogP contribution < -0.4 is 10.3 Å². The lowest BCUT2D eigenvalue weighted by Gasteiger charge is -2.49. The van der Waals surface area contributed by atoms with Gasteiger partial charge in [-0.25, -0.2) is 0 Å². The van der Waals surface area contributed by atoms with Crippen molar-refractivity contribution in [2.24, 2.45) is 7.05 Å². The number of fused-ring (bicyclic) bond motifs is 11. The maximum absolute atomic E-state index is 14.3. The monoisotopic (exact) mass is 678 g/mol. The molecule has 1 aliphatic heterocycles. The van der Waals surface area contributed by atoms with Gasteiger partial charge >= 0.3 is 0 Å². The first-order chi connectivity index (χ1) is 26.2. The van der Waals surface area contributed by atoms with Crippen molar-refractivity contribution in [1.82, 2.24) is 4.57 Å². The number of benzene rings is 8. The second-order valence-electron chi connectivity index (χ2n) is 14.4. The Morgan fingerprint density at radius 2 is 0.925 bits per heavy atom. The van der Waals surface area contributed by atoms with Crippen molar-refractivity contribution in [2.45, 2.75) is 11.8 Å². The van der Waals surface area contributed by atoms with E-state index in [9.17, 15) is 4.79 Å². The standard InChI is InChI=1S/C50H34N2O/c1-51-43-26-9-4-17-38(43)49(53)48-37(21-14-30-47(48)51)35-18-12-20-36-34(35)19-13-29-44(36)52-45-27-10-7-24-41(45)50(42-25-8-11-28-46(42)52)39-22-5-2-15-32(39)31-33-16-3-6-23-40(33)50/h2-30H,31H2,1H3. The Morgan fingerprint density at radius 3 is 1.64 bits per heavy atom. The van der Waals surface area contributed by atoms with Crippen molar-refractivity contribution in [3.63, 3.8) is 0 Å². The molecule has 3 nitrogen and oxygen atoms in total. The predicted octanol–water partition coefficient (Wildman–Crippen LogP) is 11.6. The highest BCUT2D eigenvalue weighted by Crippen LogP contribution is 2.60. The third kappa shape index (κ3) is 3.97. The van der Waals surface area contributed by atoms with E-state index in [0.29, 0.717) is 0 Å². The van der Waals surface area contributed by atoms with Gasteiger partial charge in [-0.05, 0) is 92.7 Å². The smallest absolute Gasteiger partial charge is 0.197 e. The maximum atomic E-state index is 14.3. The minimum Gasteiger partial charge on any atom is -0.343 e. The van der Waals surface area contributed by atoms with Crippen LogP contribution in [-0.2, 0) is 18.9 Å². The summed E-state index contributed by atoms with van der Waals surface area (Å²) in [6.45, 7) is 0.